The number of carbonyl (C=O) groups excluding carboxylic acids is 1. The molecule has 4 heterocycles. The van der Waals surface area contributed by atoms with Crippen LogP contribution in [0.4, 0.5) is 5.95 Å². The van der Waals surface area contributed by atoms with Crippen LogP contribution in [0.5, 0.6) is 0 Å². The number of nitrogens with one attached hydrogen (secondary N) is 2. The molecule has 0 bridgehead atoms. The Balaban J connectivity index is 1.20. The first-order valence-electron chi connectivity index (χ1n) is 10.4. The van der Waals surface area contributed by atoms with E-state index in [4.69, 9.17) is 9.47 Å². The van der Waals surface area contributed by atoms with Gasteiger partial charge < -0.3 is 20.1 Å². The smallest absolute Gasteiger partial charge is 0.223 e. The minimum atomic E-state index is -0.125. The van der Waals surface area contributed by atoms with E-state index in [0.717, 1.165) is 36.3 Å². The monoisotopic (exact) mass is 414 g/mol. The average Bonchev–Trinajstić information content (AvgIpc) is 3.49. The third-order valence-electron chi connectivity index (χ3n) is 6.10. The molecule has 2 aromatic rings. The Kier molecular flexibility index (Phi) is 5.48. The number of thiophene rings is 1. The van der Waals surface area contributed by atoms with Crippen LogP contribution in [0.15, 0.2) is 29.8 Å². The molecular formula is C21H26N4O3S. The first-order chi connectivity index (χ1) is 14.3. The van der Waals surface area contributed by atoms with E-state index in [1.165, 1.54) is 6.42 Å². The number of hydrogen-bond acceptors (Lipinski definition) is 7. The SMILES string of the molecule is O=C(N[C@H]1CO[C@H]2[C@@H]1OC[C@@H]2Nc1nccc(-c2cccs2)n1)C1CCCCC1. The fourth-order valence-corrected chi connectivity index (χ4v) is 5.26. The molecule has 8 heteroatoms. The normalized spacial score (nSPS) is 29.5. The molecule has 2 N–H and O–H groups in total. The van der Waals surface area contributed by atoms with Gasteiger partial charge in [-0.25, -0.2) is 9.97 Å². The van der Waals surface area contributed by atoms with Crippen molar-refractivity contribution in [3.8, 4) is 10.6 Å². The van der Waals surface area contributed by atoms with Gasteiger partial charge in [0.15, 0.2) is 0 Å². The minimum Gasteiger partial charge on any atom is -0.371 e. The number of rotatable bonds is 5. The molecule has 3 aliphatic rings. The van der Waals surface area contributed by atoms with E-state index >= 15 is 0 Å². The molecule has 1 aliphatic carbocycles. The summed E-state index contributed by atoms with van der Waals surface area (Å²) in [4.78, 5) is 22.7. The van der Waals surface area contributed by atoms with E-state index in [1.54, 1.807) is 17.5 Å². The Morgan fingerprint density at radius 1 is 1.07 bits per heavy atom. The molecule has 0 aromatic carbocycles. The van der Waals surface area contributed by atoms with Crippen molar-refractivity contribution in [2.75, 3.05) is 18.5 Å². The Hall–Kier alpha value is -2.03. The van der Waals surface area contributed by atoms with Crippen molar-refractivity contribution >= 4 is 23.2 Å². The predicted octanol–water partition coefficient (Wildman–Crippen LogP) is 2.85. The van der Waals surface area contributed by atoms with Crippen LogP contribution in [0.3, 0.4) is 0 Å². The van der Waals surface area contributed by atoms with E-state index in [9.17, 15) is 4.79 Å². The summed E-state index contributed by atoms with van der Waals surface area (Å²) >= 11 is 1.65. The molecule has 4 atom stereocenters. The number of aromatic nitrogens is 2. The Morgan fingerprint density at radius 2 is 1.86 bits per heavy atom. The molecule has 0 spiro atoms. The number of carbonyl (C=O) groups is 1. The van der Waals surface area contributed by atoms with Gasteiger partial charge in [0.05, 0.1) is 35.9 Å². The topological polar surface area (TPSA) is 85.4 Å². The van der Waals surface area contributed by atoms with Crippen molar-refractivity contribution in [2.45, 2.75) is 56.4 Å². The molecule has 2 aromatic heterocycles. The molecule has 1 amide bonds. The van der Waals surface area contributed by atoms with Crippen LogP contribution in [-0.2, 0) is 14.3 Å². The van der Waals surface area contributed by atoms with Gasteiger partial charge in [-0.15, -0.1) is 11.3 Å². The van der Waals surface area contributed by atoms with Crippen LogP contribution in [-0.4, -0.2) is 53.4 Å². The Morgan fingerprint density at radius 3 is 2.66 bits per heavy atom. The van der Waals surface area contributed by atoms with E-state index < -0.39 is 0 Å². The standard InChI is InChI=1S/C21H26N4O3S/c26-20(13-5-2-1-3-6-13)23-15-11-27-19-16(12-28-18(15)19)25-21-22-9-8-14(24-21)17-7-4-10-29-17/h4,7-10,13,15-16,18-19H,1-3,5-6,11-12H2,(H,23,26)(H,22,24,25)/t15-,16-,18+,19+/m0/s1. The van der Waals surface area contributed by atoms with Gasteiger partial charge in [0.1, 0.15) is 12.2 Å². The molecular weight excluding hydrogens is 388 g/mol. The largest absolute Gasteiger partial charge is 0.371 e. The van der Waals surface area contributed by atoms with E-state index in [1.807, 2.05) is 23.6 Å². The van der Waals surface area contributed by atoms with Gasteiger partial charge in [0, 0.05) is 12.1 Å². The molecule has 1 saturated carbocycles. The number of ether oxygens (including phenoxy) is 2. The Labute approximate surface area is 174 Å². The lowest BCUT2D eigenvalue weighted by Gasteiger charge is -2.24. The van der Waals surface area contributed by atoms with Gasteiger partial charge >= 0.3 is 0 Å². The molecule has 29 heavy (non-hydrogen) atoms. The summed E-state index contributed by atoms with van der Waals surface area (Å²) in [6, 6.07) is 5.85. The highest BCUT2D eigenvalue weighted by Crippen LogP contribution is 2.30. The summed E-state index contributed by atoms with van der Waals surface area (Å²) in [6.07, 6.45) is 7.07. The molecule has 7 nitrogen and oxygen atoms in total. The van der Waals surface area contributed by atoms with Crippen LogP contribution < -0.4 is 10.6 Å². The second kappa shape index (κ2) is 8.38. The summed E-state index contributed by atoms with van der Waals surface area (Å²) < 4.78 is 12.0. The zero-order chi connectivity index (χ0) is 19.6. The first-order valence-corrected chi connectivity index (χ1v) is 11.3. The number of hydrogen-bond donors (Lipinski definition) is 2. The third kappa shape index (κ3) is 4.01. The highest BCUT2D eigenvalue weighted by atomic mass is 32.1. The summed E-state index contributed by atoms with van der Waals surface area (Å²) in [7, 11) is 0. The maximum atomic E-state index is 12.6. The Bertz CT molecular complexity index is 840. The maximum Gasteiger partial charge on any atom is 0.223 e. The van der Waals surface area contributed by atoms with Crippen molar-refractivity contribution < 1.29 is 14.3 Å². The van der Waals surface area contributed by atoms with Crippen molar-refractivity contribution in [3.63, 3.8) is 0 Å². The van der Waals surface area contributed by atoms with Gasteiger partial charge in [-0.05, 0) is 30.4 Å². The van der Waals surface area contributed by atoms with Crippen LogP contribution in [0, 0.1) is 5.92 Å². The molecule has 2 aliphatic heterocycles. The highest BCUT2D eigenvalue weighted by molar-refractivity contribution is 7.13. The van der Waals surface area contributed by atoms with Gasteiger partial charge in [-0.2, -0.15) is 0 Å². The van der Waals surface area contributed by atoms with E-state index in [2.05, 4.69) is 20.6 Å². The fraction of sp³-hybridized carbons (Fsp3) is 0.571. The molecule has 154 valence electrons. The van der Waals surface area contributed by atoms with Gasteiger partial charge in [-0.3, -0.25) is 4.79 Å². The van der Waals surface area contributed by atoms with Crippen LogP contribution in [0.25, 0.3) is 10.6 Å². The zero-order valence-electron chi connectivity index (χ0n) is 16.3. The van der Waals surface area contributed by atoms with Crippen molar-refractivity contribution in [1.29, 1.82) is 0 Å². The number of nitrogens with zero attached hydrogens (tertiary/aromatic N) is 2. The van der Waals surface area contributed by atoms with Crippen molar-refractivity contribution in [1.82, 2.24) is 15.3 Å². The molecule has 0 radical (unpaired) electrons. The molecule has 3 fully saturated rings. The number of amides is 1. The minimum absolute atomic E-state index is 0.0323. The van der Waals surface area contributed by atoms with Crippen LogP contribution in [0.1, 0.15) is 32.1 Å². The maximum absolute atomic E-state index is 12.6. The first kappa shape index (κ1) is 19.0. The van der Waals surface area contributed by atoms with Crippen LogP contribution in [0.2, 0.25) is 0 Å². The fourth-order valence-electron chi connectivity index (χ4n) is 4.57. The predicted molar refractivity (Wildman–Crippen MR) is 111 cm³/mol. The second-order valence-corrected chi connectivity index (χ2v) is 8.99. The van der Waals surface area contributed by atoms with Gasteiger partial charge in [0.2, 0.25) is 11.9 Å². The van der Waals surface area contributed by atoms with Crippen molar-refractivity contribution in [2.24, 2.45) is 5.92 Å². The van der Waals surface area contributed by atoms with Crippen molar-refractivity contribution in [3.05, 3.63) is 29.8 Å². The lowest BCUT2D eigenvalue weighted by atomic mass is 9.88. The zero-order valence-corrected chi connectivity index (χ0v) is 17.1. The summed E-state index contributed by atoms with van der Waals surface area (Å²) in [5.74, 6) is 0.876. The van der Waals surface area contributed by atoms with E-state index in [0.29, 0.717) is 19.2 Å². The summed E-state index contributed by atoms with van der Waals surface area (Å²) in [5, 5.41) is 8.59. The number of anilines is 1. The van der Waals surface area contributed by atoms with E-state index in [-0.39, 0.29) is 36.1 Å². The second-order valence-electron chi connectivity index (χ2n) is 8.04. The highest BCUT2D eigenvalue weighted by Gasteiger charge is 2.48. The summed E-state index contributed by atoms with van der Waals surface area (Å²) in [5.41, 5.74) is 0.901. The molecule has 2 saturated heterocycles. The molecule has 5 rings (SSSR count). The number of fused-ring (bicyclic) bond motifs is 1. The quantitative estimate of drug-likeness (QED) is 0.783. The summed E-state index contributed by atoms with van der Waals surface area (Å²) in [6.45, 7) is 1.000. The lowest BCUT2D eigenvalue weighted by Crippen LogP contribution is -2.47. The third-order valence-corrected chi connectivity index (χ3v) is 6.99. The van der Waals surface area contributed by atoms with Gasteiger partial charge in [0.25, 0.3) is 0 Å². The van der Waals surface area contributed by atoms with Crippen LogP contribution >= 0.6 is 11.3 Å². The van der Waals surface area contributed by atoms with Gasteiger partial charge in [-0.1, -0.05) is 25.3 Å². The lowest BCUT2D eigenvalue weighted by molar-refractivity contribution is -0.127. The molecule has 0 unspecified atom stereocenters. The average molecular weight is 415 g/mol.